The molecule has 2 aromatic carbocycles. The molecule has 0 aliphatic carbocycles. The molecule has 1 saturated heterocycles. The van der Waals surface area contributed by atoms with Crippen LogP contribution in [0.25, 0.3) is 5.76 Å². The van der Waals surface area contributed by atoms with Crippen LogP contribution in [0.3, 0.4) is 0 Å². The van der Waals surface area contributed by atoms with Gasteiger partial charge in [0, 0.05) is 5.56 Å². The van der Waals surface area contributed by atoms with Gasteiger partial charge in [-0.15, -0.1) is 10.2 Å². The first-order chi connectivity index (χ1) is 16.8. The van der Waals surface area contributed by atoms with Gasteiger partial charge in [0.2, 0.25) is 5.13 Å². The molecule has 1 fully saturated rings. The van der Waals surface area contributed by atoms with Gasteiger partial charge in [-0.1, -0.05) is 24.3 Å². The molecule has 0 saturated carbocycles. The summed E-state index contributed by atoms with van der Waals surface area (Å²) >= 11 is 1.15. The Balaban J connectivity index is 1.91. The van der Waals surface area contributed by atoms with Crippen LogP contribution in [-0.2, 0) is 9.59 Å². The molecular formula is C25H24FN3O5S. The number of Topliss-reactive ketones (excluding diaryl/α,β-unsaturated/α-hetero) is 1. The van der Waals surface area contributed by atoms with E-state index in [1.807, 2.05) is 13.8 Å². The molecule has 1 N–H and O–H groups in total. The third kappa shape index (κ3) is 4.74. The summed E-state index contributed by atoms with van der Waals surface area (Å²) in [6, 6.07) is 9.12. The molecule has 1 amide bonds. The molecule has 182 valence electrons. The summed E-state index contributed by atoms with van der Waals surface area (Å²) in [5.74, 6) is -1.67. The second kappa shape index (κ2) is 10.2. The minimum atomic E-state index is -1.01. The predicted molar refractivity (Wildman–Crippen MR) is 129 cm³/mol. The average Bonchev–Trinajstić information content (AvgIpc) is 3.39. The van der Waals surface area contributed by atoms with Gasteiger partial charge in [0.25, 0.3) is 5.78 Å². The van der Waals surface area contributed by atoms with E-state index in [1.165, 1.54) is 29.2 Å². The fourth-order valence-corrected chi connectivity index (χ4v) is 4.50. The lowest BCUT2D eigenvalue weighted by atomic mass is 9.95. The van der Waals surface area contributed by atoms with E-state index < -0.39 is 29.3 Å². The molecule has 2 heterocycles. The molecule has 0 spiro atoms. The molecule has 1 atom stereocenters. The number of benzene rings is 2. The summed E-state index contributed by atoms with van der Waals surface area (Å²) in [7, 11) is 0. The van der Waals surface area contributed by atoms with Crippen molar-refractivity contribution in [3.63, 3.8) is 0 Å². The molecule has 1 aliphatic heterocycles. The van der Waals surface area contributed by atoms with Gasteiger partial charge in [0.15, 0.2) is 11.5 Å². The smallest absolute Gasteiger partial charge is 0.301 e. The van der Waals surface area contributed by atoms with Crippen LogP contribution in [0, 0.1) is 12.7 Å². The van der Waals surface area contributed by atoms with Crippen LogP contribution in [-0.4, -0.2) is 40.2 Å². The molecule has 8 nitrogen and oxygen atoms in total. The van der Waals surface area contributed by atoms with Crippen molar-refractivity contribution in [2.45, 2.75) is 33.2 Å². The first kappa shape index (κ1) is 24.3. The highest BCUT2D eigenvalue weighted by Crippen LogP contribution is 2.44. The normalized spacial score (nSPS) is 17.1. The monoisotopic (exact) mass is 497 g/mol. The highest BCUT2D eigenvalue weighted by atomic mass is 32.1. The van der Waals surface area contributed by atoms with Gasteiger partial charge >= 0.3 is 5.91 Å². The second-order valence-corrected chi connectivity index (χ2v) is 8.93. The molecular weight excluding hydrogens is 473 g/mol. The standard InChI is InChI=1S/C25H24FN3O5S/c1-4-12-34-18-11-8-16(13-19(18)33-5-2)21-20(22(30)15-6-9-17(26)10-7-15)23(31)24(32)29(21)25-28-27-14(3)35-25/h6-11,13,21,30H,4-5,12H2,1-3H3/b22-20+. The van der Waals surface area contributed by atoms with Crippen LogP contribution in [0.5, 0.6) is 11.5 Å². The summed E-state index contributed by atoms with van der Waals surface area (Å²) in [5, 5.41) is 20.0. The molecule has 1 aliphatic rings. The summed E-state index contributed by atoms with van der Waals surface area (Å²) in [6.07, 6.45) is 0.807. The van der Waals surface area contributed by atoms with Gasteiger partial charge < -0.3 is 14.6 Å². The number of anilines is 1. The van der Waals surface area contributed by atoms with E-state index in [9.17, 15) is 19.1 Å². The number of rotatable bonds is 8. The molecule has 4 rings (SSSR count). The van der Waals surface area contributed by atoms with Crippen LogP contribution >= 0.6 is 11.3 Å². The average molecular weight is 498 g/mol. The first-order valence-electron chi connectivity index (χ1n) is 11.1. The number of aliphatic hydroxyl groups is 1. The van der Waals surface area contributed by atoms with Crippen LogP contribution < -0.4 is 14.4 Å². The number of aryl methyl sites for hydroxylation is 1. The van der Waals surface area contributed by atoms with Crippen molar-refractivity contribution in [3.05, 3.63) is 70.0 Å². The van der Waals surface area contributed by atoms with Crippen molar-refractivity contribution in [2.75, 3.05) is 18.1 Å². The number of amides is 1. The van der Waals surface area contributed by atoms with Gasteiger partial charge in [0.05, 0.1) is 24.8 Å². The van der Waals surface area contributed by atoms with Gasteiger partial charge in [-0.25, -0.2) is 4.39 Å². The van der Waals surface area contributed by atoms with Crippen molar-refractivity contribution in [1.82, 2.24) is 10.2 Å². The van der Waals surface area contributed by atoms with E-state index >= 15 is 0 Å². The number of hydrogen-bond donors (Lipinski definition) is 1. The molecule has 0 bridgehead atoms. The van der Waals surface area contributed by atoms with E-state index in [0.717, 1.165) is 17.8 Å². The van der Waals surface area contributed by atoms with Gasteiger partial charge in [-0.3, -0.25) is 14.5 Å². The molecule has 3 aromatic rings. The summed E-state index contributed by atoms with van der Waals surface area (Å²) in [6.45, 7) is 6.42. The quantitative estimate of drug-likeness (QED) is 0.271. The second-order valence-electron chi connectivity index (χ2n) is 7.77. The molecule has 10 heteroatoms. The SMILES string of the molecule is CCCOc1ccc(C2/C(=C(\O)c3ccc(F)cc3)C(=O)C(=O)N2c2nnc(C)s2)cc1OCC. The first-order valence-corrected chi connectivity index (χ1v) is 11.9. The number of ketones is 1. The number of carbonyl (C=O) groups is 2. The van der Waals surface area contributed by atoms with Crippen molar-refractivity contribution >= 4 is 33.9 Å². The van der Waals surface area contributed by atoms with E-state index in [4.69, 9.17) is 9.47 Å². The summed E-state index contributed by atoms with van der Waals surface area (Å²) < 4.78 is 25.0. The number of aliphatic hydroxyl groups excluding tert-OH is 1. The fraction of sp³-hybridized carbons (Fsp3) is 0.280. The molecule has 1 unspecified atom stereocenters. The van der Waals surface area contributed by atoms with Crippen LogP contribution in [0.2, 0.25) is 0 Å². The van der Waals surface area contributed by atoms with Gasteiger partial charge in [-0.05, 0) is 62.2 Å². The number of ether oxygens (including phenoxy) is 2. The molecule has 0 radical (unpaired) electrons. The number of hydrogen-bond acceptors (Lipinski definition) is 8. The Kier molecular flexibility index (Phi) is 7.11. The van der Waals surface area contributed by atoms with Crippen LogP contribution in [0.15, 0.2) is 48.0 Å². The minimum absolute atomic E-state index is 0.140. The largest absolute Gasteiger partial charge is 0.507 e. The van der Waals surface area contributed by atoms with E-state index in [0.29, 0.717) is 35.3 Å². The summed E-state index contributed by atoms with van der Waals surface area (Å²) in [4.78, 5) is 27.6. The number of carbonyl (C=O) groups excluding carboxylic acids is 2. The Labute approximate surface area is 205 Å². The number of halogens is 1. The number of aromatic nitrogens is 2. The molecule has 35 heavy (non-hydrogen) atoms. The Morgan fingerprint density at radius 2 is 1.83 bits per heavy atom. The number of nitrogens with zero attached hydrogens (tertiary/aromatic N) is 3. The fourth-order valence-electron chi connectivity index (χ4n) is 3.79. The maximum atomic E-state index is 13.5. The third-order valence-corrected chi connectivity index (χ3v) is 6.17. The predicted octanol–water partition coefficient (Wildman–Crippen LogP) is 4.80. The zero-order chi connectivity index (χ0) is 25.1. The third-order valence-electron chi connectivity index (χ3n) is 5.33. The lowest BCUT2D eigenvalue weighted by Gasteiger charge is -2.23. The molecule has 1 aromatic heterocycles. The maximum absolute atomic E-state index is 13.5. The zero-order valence-corrected chi connectivity index (χ0v) is 20.3. The van der Waals surface area contributed by atoms with Gasteiger partial charge in [-0.2, -0.15) is 0 Å². The minimum Gasteiger partial charge on any atom is -0.507 e. The maximum Gasteiger partial charge on any atom is 0.301 e. The highest BCUT2D eigenvalue weighted by molar-refractivity contribution is 7.15. The van der Waals surface area contributed by atoms with E-state index in [1.54, 1.807) is 25.1 Å². The van der Waals surface area contributed by atoms with Crippen molar-refractivity contribution in [3.8, 4) is 11.5 Å². The van der Waals surface area contributed by atoms with Crippen molar-refractivity contribution in [1.29, 1.82) is 0 Å². The zero-order valence-electron chi connectivity index (χ0n) is 19.4. The lowest BCUT2D eigenvalue weighted by Crippen LogP contribution is -2.29. The summed E-state index contributed by atoms with van der Waals surface area (Å²) in [5.41, 5.74) is 0.572. The Morgan fingerprint density at radius 3 is 2.46 bits per heavy atom. The van der Waals surface area contributed by atoms with Gasteiger partial charge in [0.1, 0.15) is 16.6 Å². The topological polar surface area (TPSA) is 102 Å². The van der Waals surface area contributed by atoms with Crippen LogP contribution in [0.4, 0.5) is 9.52 Å². The Hall–Kier alpha value is -3.79. The van der Waals surface area contributed by atoms with E-state index in [-0.39, 0.29) is 16.3 Å². The van der Waals surface area contributed by atoms with Crippen LogP contribution in [0.1, 0.15) is 42.4 Å². The Morgan fingerprint density at radius 1 is 1.09 bits per heavy atom. The highest BCUT2D eigenvalue weighted by Gasteiger charge is 2.48. The van der Waals surface area contributed by atoms with E-state index in [2.05, 4.69) is 10.2 Å². The lowest BCUT2D eigenvalue weighted by molar-refractivity contribution is -0.132. The Bertz CT molecular complexity index is 1290. The van der Waals surface area contributed by atoms with Crippen molar-refractivity contribution in [2.24, 2.45) is 0 Å². The van der Waals surface area contributed by atoms with Crippen molar-refractivity contribution < 1.29 is 28.6 Å².